The molecule has 0 radical (unpaired) electrons. The number of rotatable bonds is 11. The first-order chi connectivity index (χ1) is 23.2. The summed E-state index contributed by atoms with van der Waals surface area (Å²) >= 11 is 1.18. The lowest BCUT2D eigenvalue weighted by molar-refractivity contribution is -0.205. The van der Waals surface area contributed by atoms with Gasteiger partial charge in [0.2, 0.25) is 17.7 Å². The first-order valence-electron chi connectivity index (χ1n) is 15.5. The molecule has 1 N–H and O–H groups in total. The highest BCUT2D eigenvalue weighted by molar-refractivity contribution is 7.16. The van der Waals surface area contributed by atoms with E-state index < -0.39 is 12.2 Å². The van der Waals surface area contributed by atoms with Crippen molar-refractivity contribution in [1.82, 2.24) is 24.8 Å². The Bertz CT molecular complexity index is 1850. The molecule has 3 heterocycles. The zero-order valence-electron chi connectivity index (χ0n) is 26.7. The molecule has 2 atom stereocenters. The molecule has 0 unspecified atom stereocenters. The van der Waals surface area contributed by atoms with Gasteiger partial charge >= 0.3 is 0 Å². The van der Waals surface area contributed by atoms with Gasteiger partial charge in [-0.15, -0.1) is 17.9 Å². The second-order valence-electron chi connectivity index (χ2n) is 11.7. The molecular formula is C35H36FN5O6S. The topological polar surface area (TPSA) is 116 Å². The van der Waals surface area contributed by atoms with Gasteiger partial charge in [-0.3, -0.25) is 14.4 Å². The Morgan fingerprint density at radius 3 is 2.56 bits per heavy atom. The van der Waals surface area contributed by atoms with E-state index >= 15 is 0 Å². The van der Waals surface area contributed by atoms with Crippen LogP contribution in [0.2, 0.25) is 0 Å². The molecule has 6 rings (SSSR count). The molecular weight excluding hydrogens is 637 g/mol. The first kappa shape index (κ1) is 32.9. The van der Waals surface area contributed by atoms with Crippen LogP contribution in [0.15, 0.2) is 72.8 Å². The number of amides is 3. The summed E-state index contributed by atoms with van der Waals surface area (Å²) in [5, 5.41) is 13.1. The molecule has 2 saturated heterocycles. The van der Waals surface area contributed by atoms with Crippen molar-refractivity contribution < 1.29 is 33.4 Å². The minimum absolute atomic E-state index is 0.0371. The van der Waals surface area contributed by atoms with Crippen LogP contribution in [0.1, 0.15) is 23.1 Å². The van der Waals surface area contributed by atoms with Crippen LogP contribution in [0.25, 0.3) is 10.2 Å². The Morgan fingerprint density at radius 1 is 1.08 bits per heavy atom. The number of hydrogen-bond acceptors (Lipinski definition) is 9. The number of benzene rings is 3. The maximum absolute atomic E-state index is 14.5. The number of nitrogens with zero attached hydrogens (tertiary/aromatic N) is 5. The largest absolute Gasteiger partial charge is 0.508 e. The van der Waals surface area contributed by atoms with Gasteiger partial charge in [0, 0.05) is 25.9 Å². The predicted molar refractivity (Wildman–Crippen MR) is 178 cm³/mol. The van der Waals surface area contributed by atoms with Crippen molar-refractivity contribution in [2.75, 3.05) is 33.9 Å². The lowest BCUT2D eigenvalue weighted by atomic mass is 9.98. The zero-order valence-corrected chi connectivity index (χ0v) is 27.5. The van der Waals surface area contributed by atoms with E-state index in [-0.39, 0.29) is 68.3 Å². The number of halogens is 1. The minimum atomic E-state index is -0.931. The van der Waals surface area contributed by atoms with E-state index in [1.165, 1.54) is 34.4 Å². The average Bonchev–Trinajstić information content (AvgIpc) is 3.59. The predicted octanol–water partition coefficient (Wildman–Crippen LogP) is 4.14. The van der Waals surface area contributed by atoms with E-state index in [2.05, 4.69) is 11.6 Å². The van der Waals surface area contributed by atoms with E-state index in [0.717, 1.165) is 11.1 Å². The minimum Gasteiger partial charge on any atom is -0.508 e. The van der Waals surface area contributed by atoms with Gasteiger partial charge < -0.3 is 24.4 Å². The number of methoxy groups -OCH3 is 2. The monoisotopic (exact) mass is 673 g/mol. The third-order valence-corrected chi connectivity index (χ3v) is 9.58. The van der Waals surface area contributed by atoms with Gasteiger partial charge in [-0.2, -0.15) is 0 Å². The van der Waals surface area contributed by atoms with Gasteiger partial charge in [0.25, 0.3) is 0 Å². The third-order valence-electron chi connectivity index (χ3n) is 8.75. The SMILES string of the molecule is C=CCN1CC(=O)N2[C@@H](Cc3ccc(O)cc3)C(=O)N(Cc3ccc(F)c4scnc34)C[C@@H]2N1C(=O)CCc1ccc(OC)c(OC)c1. The van der Waals surface area contributed by atoms with E-state index in [4.69, 9.17) is 9.47 Å². The van der Waals surface area contributed by atoms with Crippen LogP contribution in [-0.2, 0) is 33.8 Å². The number of aryl methyl sites for hydroxylation is 1. The van der Waals surface area contributed by atoms with Gasteiger partial charge in [0.1, 0.15) is 23.8 Å². The van der Waals surface area contributed by atoms with Gasteiger partial charge in [-0.1, -0.05) is 30.3 Å². The Balaban J connectivity index is 1.35. The maximum Gasteiger partial charge on any atom is 0.246 e. The van der Waals surface area contributed by atoms with Crippen LogP contribution in [0.5, 0.6) is 17.2 Å². The third kappa shape index (κ3) is 6.43. The molecule has 3 amide bonds. The highest BCUT2D eigenvalue weighted by atomic mass is 32.1. The lowest BCUT2D eigenvalue weighted by Crippen LogP contribution is -2.75. The van der Waals surface area contributed by atoms with Crippen LogP contribution in [0.3, 0.4) is 0 Å². The number of phenols is 1. The number of ether oxygens (including phenoxy) is 2. The summed E-state index contributed by atoms with van der Waals surface area (Å²) in [6.45, 7) is 4.13. The summed E-state index contributed by atoms with van der Waals surface area (Å²) in [7, 11) is 3.11. The number of fused-ring (bicyclic) bond motifs is 2. The second kappa shape index (κ2) is 14.0. The molecule has 0 bridgehead atoms. The van der Waals surface area contributed by atoms with Crippen LogP contribution in [0, 0.1) is 5.82 Å². The molecule has 2 aliphatic rings. The smallest absolute Gasteiger partial charge is 0.246 e. The quantitative estimate of drug-likeness (QED) is 0.236. The van der Waals surface area contributed by atoms with E-state index in [0.29, 0.717) is 33.7 Å². The molecule has 48 heavy (non-hydrogen) atoms. The molecule has 0 aliphatic carbocycles. The van der Waals surface area contributed by atoms with E-state index in [1.54, 1.807) is 65.0 Å². The van der Waals surface area contributed by atoms with Crippen molar-refractivity contribution >= 4 is 39.3 Å². The Hall–Kier alpha value is -5.01. The number of hydrazine groups is 1. The number of carbonyl (C=O) groups is 3. The number of aromatic nitrogens is 1. The molecule has 0 spiro atoms. The summed E-state index contributed by atoms with van der Waals surface area (Å²) in [6, 6.07) is 14.0. The van der Waals surface area contributed by atoms with Gasteiger partial charge in [0.15, 0.2) is 11.5 Å². The molecule has 13 heteroatoms. The number of hydrogen-bond donors (Lipinski definition) is 1. The van der Waals surface area contributed by atoms with Gasteiger partial charge in [0.05, 0.1) is 43.0 Å². The highest BCUT2D eigenvalue weighted by Gasteiger charge is 2.51. The fourth-order valence-corrected chi connectivity index (χ4v) is 7.21. The van der Waals surface area contributed by atoms with Crippen molar-refractivity contribution in [3.8, 4) is 17.2 Å². The van der Waals surface area contributed by atoms with Crippen molar-refractivity contribution in [1.29, 1.82) is 0 Å². The molecule has 0 saturated carbocycles. The summed E-state index contributed by atoms with van der Waals surface area (Å²) in [5.41, 5.74) is 4.31. The summed E-state index contributed by atoms with van der Waals surface area (Å²) in [5.74, 6) is 0.0209. The van der Waals surface area contributed by atoms with Crippen molar-refractivity contribution in [2.45, 2.75) is 38.0 Å². The zero-order chi connectivity index (χ0) is 33.9. The number of phenolic OH excluding ortho intramolecular Hbond substituents is 1. The fourth-order valence-electron chi connectivity index (χ4n) is 6.47. The van der Waals surface area contributed by atoms with Crippen molar-refractivity contribution in [3.05, 3.63) is 95.3 Å². The standard InChI is InChI=1S/C35H36FN5O6S/c1-4-15-39-20-32(44)40-27(16-22-5-10-25(42)11-6-22)35(45)38(18-24-9-12-26(36)34-33(24)37-21-48-34)19-30(40)41(39)31(43)14-8-23-7-13-28(46-2)29(17-23)47-3/h4-7,9-13,17,21,27,30,42H,1,8,14-16,18-20H2,2-3H3/t27-,30-/m0/s1. The first-order valence-corrected chi connectivity index (χ1v) is 16.4. The molecule has 11 nitrogen and oxygen atoms in total. The Kier molecular flexibility index (Phi) is 9.60. The number of thiazole rings is 1. The van der Waals surface area contributed by atoms with E-state index in [9.17, 15) is 23.9 Å². The van der Waals surface area contributed by atoms with Crippen LogP contribution >= 0.6 is 11.3 Å². The highest BCUT2D eigenvalue weighted by Crippen LogP contribution is 2.33. The summed E-state index contributed by atoms with van der Waals surface area (Å²) in [6.07, 6.45) is 1.51. The van der Waals surface area contributed by atoms with Crippen molar-refractivity contribution in [3.63, 3.8) is 0 Å². The Morgan fingerprint density at radius 2 is 1.83 bits per heavy atom. The van der Waals surface area contributed by atoms with Crippen LogP contribution in [0.4, 0.5) is 4.39 Å². The fraction of sp³-hybridized carbons (Fsp3) is 0.314. The second-order valence-corrected chi connectivity index (χ2v) is 12.5. The summed E-state index contributed by atoms with van der Waals surface area (Å²) in [4.78, 5) is 49.9. The van der Waals surface area contributed by atoms with Gasteiger partial charge in [-0.05, 0) is 53.4 Å². The lowest BCUT2D eigenvalue weighted by Gasteiger charge is -2.55. The molecule has 2 fully saturated rings. The summed E-state index contributed by atoms with van der Waals surface area (Å²) < 4.78 is 25.7. The molecule has 250 valence electrons. The molecule has 2 aliphatic heterocycles. The molecule has 3 aromatic carbocycles. The van der Waals surface area contributed by atoms with Gasteiger partial charge in [-0.25, -0.2) is 19.4 Å². The van der Waals surface area contributed by atoms with E-state index in [1.807, 2.05) is 12.1 Å². The van der Waals surface area contributed by atoms with Crippen LogP contribution in [-0.4, -0.2) is 93.7 Å². The molecule has 4 aromatic rings. The maximum atomic E-state index is 14.5. The molecule has 1 aromatic heterocycles. The number of carbonyl (C=O) groups excluding carboxylic acids is 3. The Labute approximate surface area is 281 Å². The van der Waals surface area contributed by atoms with Crippen LogP contribution < -0.4 is 9.47 Å². The number of aromatic hydroxyl groups is 1. The average molecular weight is 674 g/mol. The number of piperazine rings is 1. The van der Waals surface area contributed by atoms with Crippen molar-refractivity contribution in [2.24, 2.45) is 0 Å². The normalized spacial score (nSPS) is 18.3.